The van der Waals surface area contributed by atoms with Crippen molar-refractivity contribution in [3.05, 3.63) is 0 Å². The summed E-state index contributed by atoms with van der Waals surface area (Å²) in [7, 11) is 0. The standard InChI is InChI=1S/C13H27NOS/c1-2-4-13(6-10-15)5-3-7-14-8-11-16-12-9-14/h13,15H,2-12H2,1H3/t13-/m1/s1. The molecule has 0 saturated carbocycles. The second-order valence-electron chi connectivity index (χ2n) is 4.76. The van der Waals surface area contributed by atoms with Crippen LogP contribution in [0.1, 0.15) is 39.0 Å². The molecule has 1 aliphatic rings. The van der Waals surface area contributed by atoms with E-state index in [1.165, 1.54) is 56.8 Å². The third kappa shape index (κ3) is 6.12. The van der Waals surface area contributed by atoms with Gasteiger partial charge in [0.2, 0.25) is 0 Å². The maximum atomic E-state index is 9.00. The van der Waals surface area contributed by atoms with Crippen LogP contribution in [0.15, 0.2) is 0 Å². The average Bonchev–Trinajstić information content (AvgIpc) is 2.31. The van der Waals surface area contributed by atoms with E-state index in [1.807, 2.05) is 0 Å². The molecule has 0 radical (unpaired) electrons. The fraction of sp³-hybridized carbons (Fsp3) is 1.00. The summed E-state index contributed by atoms with van der Waals surface area (Å²) >= 11 is 2.08. The minimum absolute atomic E-state index is 0.366. The molecule has 2 nitrogen and oxygen atoms in total. The predicted octanol–water partition coefficient (Wildman–Crippen LogP) is 2.61. The Hall–Kier alpha value is 0.270. The molecule has 1 saturated heterocycles. The Morgan fingerprint density at radius 2 is 1.94 bits per heavy atom. The van der Waals surface area contributed by atoms with Gasteiger partial charge in [-0.25, -0.2) is 0 Å². The minimum atomic E-state index is 0.366. The minimum Gasteiger partial charge on any atom is -0.396 e. The molecule has 0 aromatic heterocycles. The highest BCUT2D eigenvalue weighted by Crippen LogP contribution is 2.18. The second-order valence-corrected chi connectivity index (χ2v) is 5.99. The molecule has 0 bridgehead atoms. The van der Waals surface area contributed by atoms with E-state index in [1.54, 1.807) is 0 Å². The number of nitrogens with zero attached hydrogens (tertiary/aromatic N) is 1. The molecule has 16 heavy (non-hydrogen) atoms. The van der Waals surface area contributed by atoms with Crippen molar-refractivity contribution in [1.29, 1.82) is 0 Å². The number of aliphatic hydroxyl groups is 1. The second kappa shape index (κ2) is 9.32. The molecule has 0 spiro atoms. The van der Waals surface area contributed by atoms with Crippen LogP contribution in [0.3, 0.4) is 0 Å². The van der Waals surface area contributed by atoms with Crippen molar-refractivity contribution in [2.24, 2.45) is 5.92 Å². The molecule has 0 aromatic rings. The van der Waals surface area contributed by atoms with Crippen molar-refractivity contribution in [2.45, 2.75) is 39.0 Å². The van der Waals surface area contributed by atoms with E-state index in [2.05, 4.69) is 23.6 Å². The largest absolute Gasteiger partial charge is 0.396 e. The lowest BCUT2D eigenvalue weighted by atomic mass is 9.95. The molecule has 1 heterocycles. The van der Waals surface area contributed by atoms with Gasteiger partial charge in [-0.1, -0.05) is 19.8 Å². The lowest BCUT2D eigenvalue weighted by molar-refractivity contribution is 0.233. The Bertz CT molecular complexity index is 154. The first kappa shape index (κ1) is 14.3. The molecular weight excluding hydrogens is 218 g/mol. The van der Waals surface area contributed by atoms with Crippen molar-refractivity contribution in [2.75, 3.05) is 37.7 Å². The third-order valence-corrected chi connectivity index (χ3v) is 4.37. The van der Waals surface area contributed by atoms with E-state index in [0.29, 0.717) is 6.61 Å². The van der Waals surface area contributed by atoms with Gasteiger partial charge in [0.1, 0.15) is 0 Å². The quantitative estimate of drug-likeness (QED) is 0.711. The van der Waals surface area contributed by atoms with Gasteiger partial charge in [-0.15, -0.1) is 0 Å². The number of hydrogen-bond acceptors (Lipinski definition) is 3. The third-order valence-electron chi connectivity index (χ3n) is 3.42. The summed E-state index contributed by atoms with van der Waals surface area (Å²) in [5.41, 5.74) is 0. The van der Waals surface area contributed by atoms with Gasteiger partial charge >= 0.3 is 0 Å². The van der Waals surface area contributed by atoms with Crippen LogP contribution in [-0.4, -0.2) is 47.8 Å². The van der Waals surface area contributed by atoms with E-state index < -0.39 is 0 Å². The first-order chi connectivity index (χ1) is 7.86. The number of hydrogen-bond donors (Lipinski definition) is 1. The van der Waals surface area contributed by atoms with Crippen molar-refractivity contribution >= 4 is 11.8 Å². The predicted molar refractivity (Wildman–Crippen MR) is 73.1 cm³/mol. The molecule has 1 rings (SSSR count). The zero-order chi connectivity index (χ0) is 11.6. The molecule has 0 aliphatic carbocycles. The number of thioether (sulfide) groups is 1. The summed E-state index contributed by atoms with van der Waals surface area (Å²) < 4.78 is 0. The molecule has 3 heteroatoms. The summed E-state index contributed by atoms with van der Waals surface area (Å²) in [6.45, 7) is 6.44. The summed E-state index contributed by atoms with van der Waals surface area (Å²) in [5.74, 6) is 3.39. The molecule has 0 aromatic carbocycles. The Balaban J connectivity index is 2.06. The van der Waals surface area contributed by atoms with Crippen LogP contribution < -0.4 is 0 Å². The van der Waals surface area contributed by atoms with Gasteiger partial charge in [0.05, 0.1) is 0 Å². The summed E-state index contributed by atoms with van der Waals surface area (Å²) in [6.07, 6.45) is 6.17. The monoisotopic (exact) mass is 245 g/mol. The van der Waals surface area contributed by atoms with Crippen molar-refractivity contribution < 1.29 is 5.11 Å². The highest BCUT2D eigenvalue weighted by atomic mass is 32.2. The SMILES string of the molecule is CCC[C@@H](CCO)CCCN1CCSCC1. The van der Waals surface area contributed by atoms with Crippen LogP contribution in [0.2, 0.25) is 0 Å². The molecule has 0 amide bonds. The van der Waals surface area contributed by atoms with Gasteiger partial charge < -0.3 is 10.0 Å². The van der Waals surface area contributed by atoms with Crippen LogP contribution in [-0.2, 0) is 0 Å². The van der Waals surface area contributed by atoms with Crippen LogP contribution in [0.5, 0.6) is 0 Å². The lowest BCUT2D eigenvalue weighted by Crippen LogP contribution is -2.33. The lowest BCUT2D eigenvalue weighted by Gasteiger charge is -2.26. The fourth-order valence-electron chi connectivity index (χ4n) is 2.45. The Kier molecular flexibility index (Phi) is 8.34. The van der Waals surface area contributed by atoms with Crippen LogP contribution in [0, 0.1) is 5.92 Å². The molecule has 0 unspecified atom stereocenters. The normalized spacial score (nSPS) is 19.9. The topological polar surface area (TPSA) is 23.5 Å². The number of aliphatic hydroxyl groups excluding tert-OH is 1. The molecule has 1 fully saturated rings. The highest BCUT2D eigenvalue weighted by molar-refractivity contribution is 7.99. The summed E-state index contributed by atoms with van der Waals surface area (Å²) in [4.78, 5) is 2.60. The Morgan fingerprint density at radius 3 is 2.56 bits per heavy atom. The average molecular weight is 245 g/mol. The van der Waals surface area contributed by atoms with E-state index in [-0.39, 0.29) is 0 Å². The highest BCUT2D eigenvalue weighted by Gasteiger charge is 2.11. The maximum Gasteiger partial charge on any atom is 0.0433 e. The van der Waals surface area contributed by atoms with Crippen LogP contribution in [0.4, 0.5) is 0 Å². The zero-order valence-electron chi connectivity index (χ0n) is 10.7. The molecule has 1 N–H and O–H groups in total. The van der Waals surface area contributed by atoms with Gasteiger partial charge in [0.25, 0.3) is 0 Å². The summed E-state index contributed by atoms with van der Waals surface area (Å²) in [6, 6.07) is 0. The first-order valence-electron chi connectivity index (χ1n) is 6.77. The first-order valence-corrected chi connectivity index (χ1v) is 7.93. The maximum absolute atomic E-state index is 9.00. The van der Waals surface area contributed by atoms with Gasteiger partial charge in [0.15, 0.2) is 0 Å². The smallest absolute Gasteiger partial charge is 0.0433 e. The van der Waals surface area contributed by atoms with E-state index >= 15 is 0 Å². The van der Waals surface area contributed by atoms with Crippen LogP contribution in [0.25, 0.3) is 0 Å². The molecule has 1 atom stereocenters. The van der Waals surface area contributed by atoms with Crippen LogP contribution >= 0.6 is 11.8 Å². The number of rotatable bonds is 8. The van der Waals surface area contributed by atoms with E-state index in [9.17, 15) is 0 Å². The van der Waals surface area contributed by atoms with Gasteiger partial charge in [-0.3, -0.25) is 0 Å². The summed E-state index contributed by atoms with van der Waals surface area (Å²) in [5, 5.41) is 9.00. The van der Waals surface area contributed by atoms with E-state index in [4.69, 9.17) is 5.11 Å². The molecular formula is C13H27NOS. The fourth-order valence-corrected chi connectivity index (χ4v) is 3.43. The van der Waals surface area contributed by atoms with Gasteiger partial charge in [0, 0.05) is 31.2 Å². The van der Waals surface area contributed by atoms with Crippen molar-refractivity contribution in [3.63, 3.8) is 0 Å². The molecule has 1 aliphatic heterocycles. The van der Waals surface area contributed by atoms with Gasteiger partial charge in [-0.2, -0.15) is 11.8 Å². The van der Waals surface area contributed by atoms with Crippen molar-refractivity contribution in [3.8, 4) is 0 Å². The Labute approximate surface area is 105 Å². The Morgan fingerprint density at radius 1 is 1.19 bits per heavy atom. The molecule has 96 valence electrons. The van der Waals surface area contributed by atoms with Gasteiger partial charge in [-0.05, 0) is 31.7 Å². The van der Waals surface area contributed by atoms with Crippen molar-refractivity contribution in [1.82, 2.24) is 4.90 Å². The van der Waals surface area contributed by atoms with E-state index in [0.717, 1.165) is 12.3 Å². The zero-order valence-corrected chi connectivity index (χ0v) is 11.5.